The van der Waals surface area contributed by atoms with Crippen LogP contribution in [0.5, 0.6) is 0 Å². The van der Waals surface area contributed by atoms with E-state index in [9.17, 15) is 5.11 Å². The Morgan fingerprint density at radius 1 is 1.56 bits per heavy atom. The van der Waals surface area contributed by atoms with Crippen LogP contribution >= 0.6 is 0 Å². The predicted octanol–water partition coefficient (Wildman–Crippen LogP) is 1.87. The van der Waals surface area contributed by atoms with E-state index < -0.39 is 6.10 Å². The number of aromatic nitrogens is 1. The third-order valence-electron chi connectivity index (χ3n) is 2.50. The van der Waals surface area contributed by atoms with Crippen LogP contribution in [0.4, 0.5) is 5.69 Å². The lowest BCUT2D eigenvalue weighted by atomic mass is 10.2. The van der Waals surface area contributed by atoms with E-state index in [2.05, 4.69) is 11.1 Å². The maximum absolute atomic E-state index is 9.58. The van der Waals surface area contributed by atoms with Crippen LogP contribution in [0.15, 0.2) is 18.3 Å². The van der Waals surface area contributed by atoms with Crippen molar-refractivity contribution < 1.29 is 5.11 Å². The number of anilines is 1. The average Bonchev–Trinajstić information content (AvgIpc) is 2.35. The molecule has 0 aliphatic carbocycles. The summed E-state index contributed by atoms with van der Waals surface area (Å²) in [4.78, 5) is 6.17. The first-order valence-corrected chi connectivity index (χ1v) is 5.41. The first kappa shape index (κ1) is 12.5. The molecule has 0 radical (unpaired) electrons. The molecular weight excluding hydrogens is 202 g/mol. The van der Waals surface area contributed by atoms with Crippen LogP contribution in [0.3, 0.4) is 0 Å². The first-order valence-electron chi connectivity index (χ1n) is 5.41. The van der Waals surface area contributed by atoms with Gasteiger partial charge in [0.05, 0.1) is 36.2 Å². The van der Waals surface area contributed by atoms with Gasteiger partial charge in [0, 0.05) is 13.6 Å². The molecule has 1 unspecified atom stereocenters. The van der Waals surface area contributed by atoms with Crippen molar-refractivity contribution in [2.24, 2.45) is 0 Å². The quantitative estimate of drug-likeness (QED) is 0.821. The number of aliphatic hydroxyl groups excluding tert-OH is 1. The fraction of sp³-hybridized carbons (Fsp3) is 0.500. The Labute approximate surface area is 96.2 Å². The third kappa shape index (κ3) is 3.21. The summed E-state index contributed by atoms with van der Waals surface area (Å²) in [6, 6.07) is 5.85. The van der Waals surface area contributed by atoms with Crippen molar-refractivity contribution in [1.82, 2.24) is 4.98 Å². The van der Waals surface area contributed by atoms with E-state index in [4.69, 9.17) is 5.26 Å². The second kappa shape index (κ2) is 6.09. The van der Waals surface area contributed by atoms with Gasteiger partial charge in [0.1, 0.15) is 0 Å². The number of nitrogens with zero attached hydrogens (tertiary/aromatic N) is 3. The SMILES string of the molecule is CCC(O)c1ccc(N(C)CCC#N)cn1. The Bertz CT molecular complexity index is 356. The Kier molecular flexibility index (Phi) is 4.74. The molecule has 16 heavy (non-hydrogen) atoms. The van der Waals surface area contributed by atoms with Crippen molar-refractivity contribution in [3.8, 4) is 6.07 Å². The van der Waals surface area contributed by atoms with E-state index in [1.165, 1.54) is 0 Å². The summed E-state index contributed by atoms with van der Waals surface area (Å²) in [7, 11) is 1.92. The summed E-state index contributed by atoms with van der Waals surface area (Å²) in [5.74, 6) is 0. The van der Waals surface area contributed by atoms with Crippen molar-refractivity contribution >= 4 is 5.69 Å². The van der Waals surface area contributed by atoms with Gasteiger partial charge in [-0.2, -0.15) is 5.26 Å². The molecule has 1 N–H and O–H groups in total. The second-order valence-electron chi connectivity index (χ2n) is 3.69. The second-order valence-corrected chi connectivity index (χ2v) is 3.69. The summed E-state index contributed by atoms with van der Waals surface area (Å²) in [6.07, 6.45) is 2.40. The molecular formula is C12H17N3O. The van der Waals surface area contributed by atoms with Gasteiger partial charge in [-0.1, -0.05) is 6.92 Å². The molecule has 4 heteroatoms. The van der Waals surface area contributed by atoms with Crippen LogP contribution in [0.2, 0.25) is 0 Å². The molecule has 0 bridgehead atoms. The highest BCUT2D eigenvalue weighted by Crippen LogP contribution is 2.17. The molecule has 1 rings (SSSR count). The molecule has 0 fully saturated rings. The van der Waals surface area contributed by atoms with Crippen molar-refractivity contribution in [3.05, 3.63) is 24.0 Å². The predicted molar refractivity (Wildman–Crippen MR) is 63.0 cm³/mol. The monoisotopic (exact) mass is 219 g/mol. The molecule has 0 aliphatic heterocycles. The normalized spacial score (nSPS) is 11.9. The van der Waals surface area contributed by atoms with Crippen LogP contribution in [-0.4, -0.2) is 23.7 Å². The van der Waals surface area contributed by atoms with Gasteiger partial charge in [-0.05, 0) is 18.6 Å². The minimum Gasteiger partial charge on any atom is -0.387 e. The van der Waals surface area contributed by atoms with E-state index in [-0.39, 0.29) is 0 Å². The maximum Gasteiger partial charge on any atom is 0.0957 e. The number of hydrogen-bond donors (Lipinski definition) is 1. The van der Waals surface area contributed by atoms with Crippen LogP contribution < -0.4 is 4.90 Å². The van der Waals surface area contributed by atoms with Crippen LogP contribution in [0, 0.1) is 11.3 Å². The number of rotatable bonds is 5. The van der Waals surface area contributed by atoms with Crippen molar-refractivity contribution in [3.63, 3.8) is 0 Å². The number of aliphatic hydroxyl groups is 1. The first-order chi connectivity index (χ1) is 7.69. The zero-order valence-corrected chi connectivity index (χ0v) is 9.72. The molecule has 0 saturated carbocycles. The van der Waals surface area contributed by atoms with Crippen molar-refractivity contribution in [2.45, 2.75) is 25.9 Å². The molecule has 1 heterocycles. The molecule has 1 aromatic heterocycles. The van der Waals surface area contributed by atoms with E-state index in [1.807, 2.05) is 31.0 Å². The summed E-state index contributed by atoms with van der Waals surface area (Å²) < 4.78 is 0. The molecule has 0 saturated heterocycles. The third-order valence-corrected chi connectivity index (χ3v) is 2.50. The number of pyridine rings is 1. The summed E-state index contributed by atoms with van der Waals surface area (Å²) >= 11 is 0. The Morgan fingerprint density at radius 3 is 2.81 bits per heavy atom. The van der Waals surface area contributed by atoms with Crippen LogP contribution in [-0.2, 0) is 0 Å². The summed E-state index contributed by atoms with van der Waals surface area (Å²) in [5.41, 5.74) is 1.65. The van der Waals surface area contributed by atoms with E-state index in [0.717, 1.165) is 5.69 Å². The Balaban J connectivity index is 2.67. The molecule has 4 nitrogen and oxygen atoms in total. The zero-order valence-electron chi connectivity index (χ0n) is 9.72. The van der Waals surface area contributed by atoms with Crippen LogP contribution in [0.25, 0.3) is 0 Å². The molecule has 1 atom stereocenters. The maximum atomic E-state index is 9.58. The molecule has 1 aromatic rings. The molecule has 86 valence electrons. The minimum absolute atomic E-state index is 0.488. The summed E-state index contributed by atoms with van der Waals surface area (Å²) in [5, 5.41) is 18.1. The molecule has 0 aromatic carbocycles. The largest absolute Gasteiger partial charge is 0.387 e. The Morgan fingerprint density at radius 2 is 2.31 bits per heavy atom. The highest BCUT2D eigenvalue weighted by atomic mass is 16.3. The van der Waals surface area contributed by atoms with Gasteiger partial charge in [-0.25, -0.2) is 0 Å². The van der Waals surface area contributed by atoms with Gasteiger partial charge in [0.25, 0.3) is 0 Å². The molecule has 0 amide bonds. The number of hydrogen-bond acceptors (Lipinski definition) is 4. The topological polar surface area (TPSA) is 60.1 Å². The summed E-state index contributed by atoms with van der Waals surface area (Å²) in [6.45, 7) is 2.60. The fourth-order valence-electron chi connectivity index (χ4n) is 1.38. The lowest BCUT2D eigenvalue weighted by molar-refractivity contribution is 0.169. The lowest BCUT2D eigenvalue weighted by Gasteiger charge is -2.17. The van der Waals surface area contributed by atoms with Crippen LogP contribution in [0.1, 0.15) is 31.6 Å². The molecule has 0 spiro atoms. The van der Waals surface area contributed by atoms with E-state index in [0.29, 0.717) is 25.1 Å². The lowest BCUT2D eigenvalue weighted by Crippen LogP contribution is -2.18. The van der Waals surface area contributed by atoms with Crippen molar-refractivity contribution in [2.75, 3.05) is 18.5 Å². The van der Waals surface area contributed by atoms with Gasteiger partial charge in [0.2, 0.25) is 0 Å². The van der Waals surface area contributed by atoms with Gasteiger partial charge in [0.15, 0.2) is 0 Å². The van der Waals surface area contributed by atoms with E-state index >= 15 is 0 Å². The van der Waals surface area contributed by atoms with Gasteiger partial charge in [-0.15, -0.1) is 0 Å². The highest BCUT2D eigenvalue weighted by molar-refractivity contribution is 5.43. The Hall–Kier alpha value is -1.60. The highest BCUT2D eigenvalue weighted by Gasteiger charge is 2.07. The molecule has 0 aliphatic rings. The minimum atomic E-state index is -0.488. The number of nitriles is 1. The van der Waals surface area contributed by atoms with E-state index in [1.54, 1.807) is 6.20 Å². The zero-order chi connectivity index (χ0) is 12.0. The average molecular weight is 219 g/mol. The van der Waals surface area contributed by atoms with Gasteiger partial charge >= 0.3 is 0 Å². The van der Waals surface area contributed by atoms with Crippen molar-refractivity contribution in [1.29, 1.82) is 5.26 Å². The van der Waals surface area contributed by atoms with Gasteiger partial charge < -0.3 is 10.0 Å². The van der Waals surface area contributed by atoms with Gasteiger partial charge in [-0.3, -0.25) is 4.98 Å². The standard InChI is InChI=1S/C12H17N3O/c1-3-12(16)11-6-5-10(9-14-11)15(2)8-4-7-13/h5-6,9,12,16H,3-4,8H2,1-2H3. The smallest absolute Gasteiger partial charge is 0.0957 e. The fourth-order valence-corrected chi connectivity index (χ4v) is 1.38.